The molecule has 0 saturated heterocycles. The Kier molecular flexibility index (Phi) is 6.14. The van der Waals surface area contributed by atoms with E-state index in [2.05, 4.69) is 15.3 Å². The molecule has 2 aromatic rings. The van der Waals surface area contributed by atoms with Gasteiger partial charge >= 0.3 is 0 Å². The number of hydrogen-bond acceptors (Lipinski definition) is 3. The van der Waals surface area contributed by atoms with E-state index in [9.17, 15) is 4.79 Å². The number of aromatic amines is 1. The Balaban J connectivity index is 1.68. The molecule has 0 aliphatic heterocycles. The quantitative estimate of drug-likeness (QED) is 0.607. The molecule has 1 heterocycles. The third-order valence-electron chi connectivity index (χ3n) is 2.94. The molecule has 2 rings (SSSR count). The van der Waals surface area contributed by atoms with Crippen LogP contribution in [0.5, 0.6) is 0 Å². The minimum absolute atomic E-state index is 0.0504. The fourth-order valence-electron chi connectivity index (χ4n) is 1.82. The Morgan fingerprint density at radius 2 is 2.19 bits per heavy atom. The maximum atomic E-state index is 12.0. The van der Waals surface area contributed by atoms with E-state index in [0.717, 1.165) is 23.6 Å². The second-order valence-electron chi connectivity index (χ2n) is 4.64. The van der Waals surface area contributed by atoms with E-state index in [0.29, 0.717) is 11.6 Å². The number of nitrogens with one attached hydrogen (secondary N) is 2. The van der Waals surface area contributed by atoms with Gasteiger partial charge in [-0.05, 0) is 37.6 Å². The van der Waals surface area contributed by atoms with Crippen LogP contribution >= 0.6 is 23.4 Å². The van der Waals surface area contributed by atoms with Crippen LogP contribution in [0.4, 0.5) is 0 Å². The molecule has 6 heteroatoms. The van der Waals surface area contributed by atoms with Crippen molar-refractivity contribution in [1.29, 1.82) is 0 Å². The molecule has 112 valence electrons. The number of nitrogens with zero attached hydrogens (tertiary/aromatic N) is 1. The Bertz CT molecular complexity index is 557. The zero-order valence-corrected chi connectivity index (χ0v) is 13.4. The maximum absolute atomic E-state index is 12.0. The van der Waals surface area contributed by atoms with Gasteiger partial charge in [0.1, 0.15) is 5.82 Å². The lowest BCUT2D eigenvalue weighted by Gasteiger charge is -2.11. The highest BCUT2D eigenvalue weighted by atomic mass is 35.5. The molecule has 0 saturated carbocycles. The number of imidazole rings is 1. The predicted molar refractivity (Wildman–Crippen MR) is 86.7 cm³/mol. The highest BCUT2D eigenvalue weighted by molar-refractivity contribution is 8.00. The zero-order chi connectivity index (χ0) is 15.1. The predicted octanol–water partition coefficient (Wildman–Crippen LogP) is 3.29. The van der Waals surface area contributed by atoms with Crippen LogP contribution in [0.15, 0.2) is 41.6 Å². The third-order valence-corrected chi connectivity index (χ3v) is 4.30. The summed E-state index contributed by atoms with van der Waals surface area (Å²) in [7, 11) is 0. The highest BCUT2D eigenvalue weighted by Gasteiger charge is 2.13. The number of amides is 1. The number of aromatic nitrogens is 2. The summed E-state index contributed by atoms with van der Waals surface area (Å²) < 4.78 is 0. The number of aryl methyl sites for hydroxylation is 1. The summed E-state index contributed by atoms with van der Waals surface area (Å²) in [4.78, 5) is 20.2. The largest absolute Gasteiger partial charge is 0.355 e. The minimum atomic E-state index is -0.130. The summed E-state index contributed by atoms with van der Waals surface area (Å²) >= 11 is 7.37. The number of carbonyl (C=O) groups is 1. The lowest BCUT2D eigenvalue weighted by atomic mass is 10.3. The van der Waals surface area contributed by atoms with E-state index in [4.69, 9.17) is 11.6 Å². The number of halogens is 1. The first-order valence-corrected chi connectivity index (χ1v) is 8.09. The van der Waals surface area contributed by atoms with Gasteiger partial charge in [-0.25, -0.2) is 4.98 Å². The van der Waals surface area contributed by atoms with Crippen LogP contribution in [0.2, 0.25) is 5.02 Å². The monoisotopic (exact) mass is 323 g/mol. The van der Waals surface area contributed by atoms with Crippen LogP contribution in [0.25, 0.3) is 0 Å². The van der Waals surface area contributed by atoms with Crippen molar-refractivity contribution in [3.05, 3.63) is 47.5 Å². The molecule has 2 N–H and O–H groups in total. The highest BCUT2D eigenvalue weighted by Crippen LogP contribution is 2.24. The van der Waals surface area contributed by atoms with Crippen LogP contribution in [-0.2, 0) is 11.2 Å². The number of hydrogen-bond donors (Lipinski definition) is 2. The third kappa shape index (κ3) is 5.44. The van der Waals surface area contributed by atoms with Crippen LogP contribution in [0.1, 0.15) is 19.2 Å². The van der Waals surface area contributed by atoms with Crippen molar-refractivity contribution in [2.75, 3.05) is 6.54 Å². The topological polar surface area (TPSA) is 57.8 Å². The van der Waals surface area contributed by atoms with Crippen molar-refractivity contribution in [3.63, 3.8) is 0 Å². The number of H-pyrrole nitrogens is 1. The Labute approximate surface area is 133 Å². The van der Waals surface area contributed by atoms with Gasteiger partial charge in [-0.2, -0.15) is 0 Å². The van der Waals surface area contributed by atoms with E-state index in [-0.39, 0.29) is 11.2 Å². The first kappa shape index (κ1) is 15.9. The van der Waals surface area contributed by atoms with E-state index < -0.39 is 0 Å². The number of rotatable bonds is 7. The Hall–Kier alpha value is -1.46. The minimum Gasteiger partial charge on any atom is -0.355 e. The van der Waals surface area contributed by atoms with Gasteiger partial charge in [-0.1, -0.05) is 11.6 Å². The zero-order valence-electron chi connectivity index (χ0n) is 11.8. The summed E-state index contributed by atoms with van der Waals surface area (Å²) in [5.41, 5.74) is 0. The summed E-state index contributed by atoms with van der Waals surface area (Å²) in [6.45, 7) is 2.56. The number of carbonyl (C=O) groups excluding carboxylic acids is 1. The SMILES string of the molecule is CC(Sc1ccc(Cl)cc1)C(=O)NCCCc1ncc[nH]1. The van der Waals surface area contributed by atoms with Crippen molar-refractivity contribution in [1.82, 2.24) is 15.3 Å². The molecule has 0 bridgehead atoms. The molecule has 0 aliphatic carbocycles. The van der Waals surface area contributed by atoms with Crippen molar-refractivity contribution in [2.24, 2.45) is 0 Å². The molecule has 0 spiro atoms. The van der Waals surface area contributed by atoms with Crippen molar-refractivity contribution >= 4 is 29.3 Å². The van der Waals surface area contributed by atoms with E-state index in [1.54, 1.807) is 12.4 Å². The van der Waals surface area contributed by atoms with E-state index >= 15 is 0 Å². The Morgan fingerprint density at radius 1 is 1.43 bits per heavy atom. The molecule has 1 aromatic carbocycles. The van der Waals surface area contributed by atoms with Crippen molar-refractivity contribution < 1.29 is 4.79 Å². The standard InChI is InChI=1S/C15H18ClN3OS/c1-11(21-13-6-4-12(16)5-7-13)15(20)19-8-2-3-14-17-9-10-18-14/h4-7,9-11H,2-3,8H2,1H3,(H,17,18)(H,19,20). The first-order valence-electron chi connectivity index (χ1n) is 6.83. The van der Waals surface area contributed by atoms with Crippen molar-refractivity contribution in [2.45, 2.75) is 29.9 Å². The molecule has 4 nitrogen and oxygen atoms in total. The van der Waals surface area contributed by atoms with Gasteiger partial charge < -0.3 is 10.3 Å². The van der Waals surface area contributed by atoms with Crippen LogP contribution in [0.3, 0.4) is 0 Å². The molecule has 1 unspecified atom stereocenters. The number of benzene rings is 1. The second-order valence-corrected chi connectivity index (χ2v) is 6.50. The fourth-order valence-corrected chi connectivity index (χ4v) is 2.83. The van der Waals surface area contributed by atoms with Crippen LogP contribution < -0.4 is 5.32 Å². The van der Waals surface area contributed by atoms with Gasteiger partial charge in [0, 0.05) is 35.3 Å². The number of thioether (sulfide) groups is 1. The molecule has 1 amide bonds. The van der Waals surface area contributed by atoms with Gasteiger partial charge in [0.25, 0.3) is 0 Å². The molecule has 0 radical (unpaired) electrons. The smallest absolute Gasteiger partial charge is 0.233 e. The van der Waals surface area contributed by atoms with Gasteiger partial charge in [0.2, 0.25) is 5.91 Å². The van der Waals surface area contributed by atoms with Crippen molar-refractivity contribution in [3.8, 4) is 0 Å². The normalized spacial score (nSPS) is 12.1. The Morgan fingerprint density at radius 3 is 2.86 bits per heavy atom. The lowest BCUT2D eigenvalue weighted by Crippen LogP contribution is -2.31. The maximum Gasteiger partial charge on any atom is 0.233 e. The summed E-state index contributed by atoms with van der Waals surface area (Å²) in [6.07, 6.45) is 5.25. The molecule has 0 fully saturated rings. The average molecular weight is 324 g/mol. The van der Waals surface area contributed by atoms with Gasteiger partial charge in [0.05, 0.1) is 5.25 Å². The molecular weight excluding hydrogens is 306 g/mol. The molecule has 1 atom stereocenters. The summed E-state index contributed by atoms with van der Waals surface area (Å²) in [6, 6.07) is 7.51. The summed E-state index contributed by atoms with van der Waals surface area (Å²) in [5, 5.41) is 3.52. The molecule has 0 aliphatic rings. The molecular formula is C15H18ClN3OS. The van der Waals surface area contributed by atoms with Crippen LogP contribution in [0, 0.1) is 0 Å². The molecule has 21 heavy (non-hydrogen) atoms. The first-order chi connectivity index (χ1) is 10.1. The van der Waals surface area contributed by atoms with Gasteiger partial charge in [-0.3, -0.25) is 4.79 Å². The fraction of sp³-hybridized carbons (Fsp3) is 0.333. The van der Waals surface area contributed by atoms with E-state index in [1.807, 2.05) is 31.2 Å². The second kappa shape index (κ2) is 8.10. The lowest BCUT2D eigenvalue weighted by molar-refractivity contribution is -0.120. The van der Waals surface area contributed by atoms with Gasteiger partial charge in [0.15, 0.2) is 0 Å². The molecule has 1 aromatic heterocycles. The van der Waals surface area contributed by atoms with Crippen LogP contribution in [-0.4, -0.2) is 27.7 Å². The average Bonchev–Trinajstić information content (AvgIpc) is 2.99. The van der Waals surface area contributed by atoms with E-state index in [1.165, 1.54) is 11.8 Å². The summed E-state index contributed by atoms with van der Waals surface area (Å²) in [5.74, 6) is 1.00. The van der Waals surface area contributed by atoms with Gasteiger partial charge in [-0.15, -0.1) is 11.8 Å².